The number of hydrogen-bond acceptors (Lipinski definition) is 7. The Morgan fingerprint density at radius 2 is 1.80 bits per heavy atom. The Kier molecular flexibility index (Phi) is 7.85. The highest BCUT2D eigenvalue weighted by molar-refractivity contribution is 7.89. The lowest BCUT2D eigenvalue weighted by molar-refractivity contribution is 0.0730. The van der Waals surface area contributed by atoms with Crippen molar-refractivity contribution >= 4 is 26.0 Å². The van der Waals surface area contributed by atoms with Crippen LogP contribution in [0.3, 0.4) is 0 Å². The van der Waals surface area contributed by atoms with Gasteiger partial charge in [0.05, 0.1) is 26.1 Å². The molecule has 0 spiro atoms. The van der Waals surface area contributed by atoms with Gasteiger partial charge in [0.15, 0.2) is 0 Å². The number of amides is 1. The summed E-state index contributed by atoms with van der Waals surface area (Å²) in [5.74, 6) is -0.744. The number of hydrogen-bond donors (Lipinski definition) is 2. The van der Waals surface area contributed by atoms with E-state index in [4.69, 9.17) is 9.47 Å². The number of benzene rings is 1. The Labute approximate surface area is 178 Å². The lowest BCUT2D eigenvalue weighted by Gasteiger charge is -2.26. The van der Waals surface area contributed by atoms with Crippen molar-refractivity contribution in [1.29, 1.82) is 0 Å². The third-order valence-electron chi connectivity index (χ3n) is 4.16. The molecule has 12 heteroatoms. The number of nitrogens with zero attached hydrogens (tertiary/aromatic N) is 1. The molecule has 2 N–H and O–H groups in total. The molecule has 30 heavy (non-hydrogen) atoms. The molecule has 1 aliphatic heterocycles. The molecular weight excluding hydrogens is 434 g/mol. The summed E-state index contributed by atoms with van der Waals surface area (Å²) in [5, 5.41) is 2.53. The molecule has 2 rings (SSSR count). The first kappa shape index (κ1) is 24.5. The molecule has 170 valence electrons. The number of morpholine rings is 1. The van der Waals surface area contributed by atoms with Crippen molar-refractivity contribution in [3.63, 3.8) is 0 Å². The van der Waals surface area contributed by atoms with Crippen LogP contribution in [0.1, 0.15) is 31.1 Å². The average Bonchev–Trinajstić information content (AvgIpc) is 2.66. The van der Waals surface area contributed by atoms with E-state index in [9.17, 15) is 21.6 Å². The van der Waals surface area contributed by atoms with Crippen LogP contribution in [0.4, 0.5) is 0 Å². The Hall–Kier alpha value is -1.73. The molecule has 0 bridgehead atoms. The molecule has 0 unspecified atom stereocenters. The van der Waals surface area contributed by atoms with Gasteiger partial charge in [0.2, 0.25) is 20.0 Å². The zero-order valence-corrected chi connectivity index (χ0v) is 19.2. The van der Waals surface area contributed by atoms with Crippen LogP contribution in [0.15, 0.2) is 23.1 Å². The maximum atomic E-state index is 12.7. The quantitative estimate of drug-likeness (QED) is 0.562. The van der Waals surface area contributed by atoms with Crippen molar-refractivity contribution in [1.82, 2.24) is 14.3 Å². The van der Waals surface area contributed by atoms with Crippen molar-refractivity contribution in [2.75, 3.05) is 45.7 Å². The number of carbonyl (C=O) groups is 1. The minimum absolute atomic E-state index is 0.0776. The van der Waals surface area contributed by atoms with E-state index in [1.165, 1.54) is 29.6 Å². The highest BCUT2D eigenvalue weighted by Crippen LogP contribution is 2.26. The van der Waals surface area contributed by atoms with Gasteiger partial charge in [-0.25, -0.2) is 21.6 Å². The van der Waals surface area contributed by atoms with Gasteiger partial charge in [0.1, 0.15) is 10.6 Å². The molecule has 0 aromatic heterocycles. The number of nitrogens with one attached hydrogen (secondary N) is 2. The van der Waals surface area contributed by atoms with Crippen LogP contribution >= 0.6 is 0 Å². The Bertz CT molecular complexity index is 964. The van der Waals surface area contributed by atoms with Crippen LogP contribution in [0.2, 0.25) is 0 Å². The molecule has 1 fully saturated rings. The van der Waals surface area contributed by atoms with Gasteiger partial charge in [-0.05, 0) is 39.0 Å². The van der Waals surface area contributed by atoms with Crippen molar-refractivity contribution in [3.8, 4) is 5.75 Å². The molecule has 1 amide bonds. The zero-order valence-electron chi connectivity index (χ0n) is 17.6. The van der Waals surface area contributed by atoms with E-state index in [0.717, 1.165) is 0 Å². The van der Waals surface area contributed by atoms with Crippen LogP contribution in [0.25, 0.3) is 0 Å². The van der Waals surface area contributed by atoms with Crippen LogP contribution in [0, 0.1) is 0 Å². The number of carbonyl (C=O) groups excluding carboxylic acids is 1. The van der Waals surface area contributed by atoms with Gasteiger partial charge in [-0.15, -0.1) is 0 Å². The number of rotatable bonds is 8. The third-order valence-corrected chi connectivity index (χ3v) is 7.82. The molecule has 10 nitrogen and oxygen atoms in total. The molecule has 1 saturated heterocycles. The predicted octanol–water partition coefficient (Wildman–Crippen LogP) is 0.164. The van der Waals surface area contributed by atoms with E-state index in [0.29, 0.717) is 13.2 Å². The summed E-state index contributed by atoms with van der Waals surface area (Å²) < 4.78 is 64.2. The molecule has 0 atom stereocenters. The van der Waals surface area contributed by atoms with Crippen molar-refractivity contribution in [2.24, 2.45) is 0 Å². The second kappa shape index (κ2) is 9.60. The van der Waals surface area contributed by atoms with Gasteiger partial charge in [-0.1, -0.05) is 0 Å². The normalized spacial score (nSPS) is 16.3. The average molecular weight is 464 g/mol. The Morgan fingerprint density at radius 3 is 2.37 bits per heavy atom. The first-order valence-electron chi connectivity index (χ1n) is 9.41. The topological polar surface area (TPSA) is 131 Å². The highest BCUT2D eigenvalue weighted by Gasteiger charge is 2.27. The second-order valence-corrected chi connectivity index (χ2v) is 11.5. The van der Waals surface area contributed by atoms with E-state index in [1.54, 1.807) is 20.8 Å². The second-order valence-electron chi connectivity index (χ2n) is 7.80. The number of sulfonamides is 2. The van der Waals surface area contributed by atoms with Crippen molar-refractivity contribution in [2.45, 2.75) is 31.2 Å². The lowest BCUT2D eigenvalue weighted by Crippen LogP contribution is -2.43. The number of ether oxygens (including phenoxy) is 2. The molecule has 0 saturated carbocycles. The van der Waals surface area contributed by atoms with Crippen LogP contribution in [-0.2, 0) is 24.8 Å². The summed E-state index contributed by atoms with van der Waals surface area (Å²) in [6.45, 7) is 6.25. The molecule has 1 heterocycles. The smallest absolute Gasteiger partial charge is 0.251 e. The maximum Gasteiger partial charge on any atom is 0.251 e. The van der Waals surface area contributed by atoms with E-state index in [2.05, 4.69) is 10.0 Å². The summed E-state index contributed by atoms with van der Waals surface area (Å²) in [7, 11) is -6.12. The van der Waals surface area contributed by atoms with Crippen LogP contribution in [-0.4, -0.2) is 78.3 Å². The van der Waals surface area contributed by atoms with Crippen molar-refractivity contribution in [3.05, 3.63) is 23.8 Å². The lowest BCUT2D eigenvalue weighted by atomic mass is 10.1. The molecular formula is C18H29N3O7S2. The van der Waals surface area contributed by atoms with Gasteiger partial charge in [-0.3, -0.25) is 4.79 Å². The maximum absolute atomic E-state index is 12.7. The molecule has 0 radical (unpaired) electrons. The van der Waals surface area contributed by atoms with E-state index < -0.39 is 31.5 Å². The van der Waals surface area contributed by atoms with E-state index in [-0.39, 0.29) is 41.6 Å². The Balaban J connectivity index is 2.11. The SMILES string of the molecule is COc1ccc(C(=O)NCCS(=O)(=O)N2CCOCC2)cc1S(=O)(=O)NC(C)(C)C. The predicted molar refractivity (Wildman–Crippen MR) is 112 cm³/mol. The third kappa shape index (κ3) is 6.64. The molecule has 0 aliphatic carbocycles. The largest absolute Gasteiger partial charge is 0.495 e. The molecule has 1 aliphatic rings. The van der Waals surface area contributed by atoms with Gasteiger partial charge in [0, 0.05) is 30.7 Å². The van der Waals surface area contributed by atoms with Gasteiger partial charge in [-0.2, -0.15) is 4.31 Å². The summed E-state index contributed by atoms with van der Waals surface area (Å²) >= 11 is 0. The first-order valence-corrected chi connectivity index (χ1v) is 12.5. The Morgan fingerprint density at radius 1 is 1.17 bits per heavy atom. The van der Waals surface area contributed by atoms with Crippen LogP contribution in [0.5, 0.6) is 5.75 Å². The molecule has 1 aromatic rings. The summed E-state index contributed by atoms with van der Waals surface area (Å²) in [6, 6.07) is 4.01. The zero-order chi connectivity index (χ0) is 22.6. The van der Waals surface area contributed by atoms with E-state index >= 15 is 0 Å². The molecule has 1 aromatic carbocycles. The standard InChI is InChI=1S/C18H29N3O7S2/c1-18(2,3)20-30(25,26)16-13-14(5-6-15(16)27-4)17(22)19-7-12-29(23,24)21-8-10-28-11-9-21/h5-6,13,20H,7-12H2,1-4H3,(H,19,22). The summed E-state index contributed by atoms with van der Waals surface area (Å²) in [4.78, 5) is 12.3. The highest BCUT2D eigenvalue weighted by atomic mass is 32.2. The minimum Gasteiger partial charge on any atom is -0.495 e. The fourth-order valence-corrected chi connectivity index (χ4v) is 5.77. The fraction of sp³-hybridized carbons (Fsp3) is 0.611. The minimum atomic E-state index is -3.94. The summed E-state index contributed by atoms with van der Waals surface area (Å²) in [6.07, 6.45) is 0. The van der Waals surface area contributed by atoms with Gasteiger partial charge in [0.25, 0.3) is 5.91 Å². The monoisotopic (exact) mass is 463 g/mol. The fourth-order valence-electron chi connectivity index (χ4n) is 2.84. The van der Waals surface area contributed by atoms with Gasteiger partial charge < -0.3 is 14.8 Å². The first-order chi connectivity index (χ1) is 13.9. The van der Waals surface area contributed by atoms with Gasteiger partial charge >= 0.3 is 0 Å². The van der Waals surface area contributed by atoms with E-state index in [1.807, 2.05) is 0 Å². The van der Waals surface area contributed by atoms with Crippen LogP contribution < -0.4 is 14.8 Å². The van der Waals surface area contributed by atoms with Crippen molar-refractivity contribution < 1.29 is 31.1 Å². The summed E-state index contributed by atoms with van der Waals surface area (Å²) in [5.41, 5.74) is -0.649. The number of methoxy groups -OCH3 is 1.